The smallest absolute Gasteiger partial charge is 0.408 e. The van der Waals surface area contributed by atoms with Crippen molar-refractivity contribution in [3.63, 3.8) is 0 Å². The molecule has 1 aliphatic heterocycles. The van der Waals surface area contributed by atoms with Gasteiger partial charge in [0.05, 0.1) is 19.8 Å². The van der Waals surface area contributed by atoms with E-state index in [4.69, 9.17) is 34.7 Å². The Morgan fingerprint density at radius 3 is 2.40 bits per heavy atom. The molecule has 15 heteroatoms. The Bertz CT molecular complexity index is 981. The van der Waals surface area contributed by atoms with Gasteiger partial charge in [0.15, 0.2) is 12.3 Å². The molecule has 0 radical (unpaired) electrons. The molecular weight excluding hydrogens is 466 g/mol. The van der Waals surface area contributed by atoms with E-state index in [0.717, 1.165) is 19.6 Å². The summed E-state index contributed by atoms with van der Waals surface area (Å²) in [6, 6.07) is 5.30. The number of carbonyl (C=O) groups is 3. The predicted octanol–water partition coefficient (Wildman–Crippen LogP) is 2.51. The minimum atomic E-state index is -1.32. The Kier molecular flexibility index (Phi) is 10.6. The number of methoxy groups -OCH3 is 1. The zero-order valence-electron chi connectivity index (χ0n) is 19.2. The van der Waals surface area contributed by atoms with Gasteiger partial charge in [0.25, 0.3) is 0 Å². The average Bonchev–Trinajstić information content (AvgIpc) is 2.84. The van der Waals surface area contributed by atoms with Gasteiger partial charge in [0.1, 0.15) is 24.8 Å². The van der Waals surface area contributed by atoms with E-state index in [1.54, 1.807) is 24.3 Å². The average molecular weight is 491 g/mol. The zero-order chi connectivity index (χ0) is 25.8. The molecule has 0 aliphatic carbocycles. The molecule has 15 nitrogen and oxygen atoms in total. The summed E-state index contributed by atoms with van der Waals surface area (Å²) in [6.07, 6.45) is -4.23. The van der Waals surface area contributed by atoms with Crippen LogP contribution in [0.2, 0.25) is 0 Å². The third-order valence-corrected chi connectivity index (χ3v) is 4.87. The molecule has 188 valence electrons. The SMILES string of the molecule is COC(=O)[C@H](CO[C@H]1O[C@H](C)[C@H](N=[N+]=[N-])[C@H](OC(C)=O)[C@H]1N=[N+]=[N-])NC(=O)OCc1ccccc1. The lowest BCUT2D eigenvalue weighted by atomic mass is 9.96. The van der Waals surface area contributed by atoms with Crippen molar-refractivity contribution in [1.29, 1.82) is 0 Å². The Morgan fingerprint density at radius 1 is 1.14 bits per heavy atom. The minimum Gasteiger partial charge on any atom is -0.467 e. The molecule has 0 aromatic heterocycles. The fourth-order valence-corrected chi connectivity index (χ4v) is 3.27. The molecule has 35 heavy (non-hydrogen) atoms. The summed E-state index contributed by atoms with van der Waals surface area (Å²) in [7, 11) is 1.12. The van der Waals surface area contributed by atoms with E-state index in [-0.39, 0.29) is 6.61 Å². The summed E-state index contributed by atoms with van der Waals surface area (Å²) in [5, 5.41) is 9.49. The molecule has 1 saturated heterocycles. The largest absolute Gasteiger partial charge is 0.467 e. The fraction of sp³-hybridized carbons (Fsp3) is 0.550. The first-order valence-electron chi connectivity index (χ1n) is 10.4. The number of rotatable bonds is 10. The monoisotopic (exact) mass is 491 g/mol. The van der Waals surface area contributed by atoms with Crippen molar-refractivity contribution in [2.45, 2.75) is 57.1 Å². The van der Waals surface area contributed by atoms with Crippen molar-refractivity contribution >= 4 is 18.0 Å². The fourth-order valence-electron chi connectivity index (χ4n) is 3.27. The highest BCUT2D eigenvalue weighted by Gasteiger charge is 2.46. The third kappa shape index (κ3) is 8.05. The van der Waals surface area contributed by atoms with Crippen LogP contribution in [0.15, 0.2) is 40.6 Å². The highest BCUT2D eigenvalue weighted by Crippen LogP contribution is 2.29. The molecule has 1 N–H and O–H groups in total. The van der Waals surface area contributed by atoms with Crippen LogP contribution >= 0.6 is 0 Å². The Morgan fingerprint density at radius 2 is 1.80 bits per heavy atom. The van der Waals surface area contributed by atoms with Crippen molar-refractivity contribution in [3.05, 3.63) is 56.8 Å². The van der Waals surface area contributed by atoms with Gasteiger partial charge in [0.2, 0.25) is 0 Å². The molecule has 0 bridgehead atoms. The van der Waals surface area contributed by atoms with Crippen molar-refractivity contribution in [3.8, 4) is 0 Å². The number of nitrogens with zero attached hydrogens (tertiary/aromatic N) is 6. The van der Waals surface area contributed by atoms with E-state index in [1.165, 1.54) is 6.92 Å². The molecule has 1 aliphatic rings. The normalized spacial score (nSPS) is 24.0. The van der Waals surface area contributed by atoms with Gasteiger partial charge in [-0.25, -0.2) is 9.59 Å². The number of nitrogens with one attached hydrogen (secondary N) is 1. The topological polar surface area (TPSA) is 207 Å². The lowest BCUT2D eigenvalue weighted by Gasteiger charge is -2.41. The van der Waals surface area contributed by atoms with Crippen molar-refractivity contribution in [2.75, 3.05) is 13.7 Å². The molecule has 1 aromatic carbocycles. The molecule has 1 fully saturated rings. The summed E-state index contributed by atoms with van der Waals surface area (Å²) in [5.41, 5.74) is 18.6. The Hall–Kier alpha value is -4.03. The van der Waals surface area contributed by atoms with E-state index in [2.05, 4.69) is 25.4 Å². The van der Waals surface area contributed by atoms with E-state index >= 15 is 0 Å². The van der Waals surface area contributed by atoms with E-state index in [9.17, 15) is 14.4 Å². The number of hydrogen-bond acceptors (Lipinski definition) is 10. The van der Waals surface area contributed by atoms with Crippen molar-refractivity contribution in [2.24, 2.45) is 10.2 Å². The number of amides is 1. The van der Waals surface area contributed by atoms with E-state index < -0.39 is 61.3 Å². The lowest BCUT2D eigenvalue weighted by Crippen LogP contribution is -2.58. The first-order valence-corrected chi connectivity index (χ1v) is 10.4. The minimum absolute atomic E-state index is 0.0332. The number of alkyl carbamates (subject to hydrolysis) is 1. The van der Waals surface area contributed by atoms with Gasteiger partial charge in [0, 0.05) is 16.7 Å². The van der Waals surface area contributed by atoms with Crippen LogP contribution in [0.3, 0.4) is 0 Å². The van der Waals surface area contributed by atoms with Crippen molar-refractivity contribution in [1.82, 2.24) is 5.32 Å². The Labute approximate surface area is 199 Å². The lowest BCUT2D eigenvalue weighted by molar-refractivity contribution is -0.234. The van der Waals surface area contributed by atoms with Crippen LogP contribution in [0, 0.1) is 0 Å². The van der Waals surface area contributed by atoms with Crippen LogP contribution in [0.5, 0.6) is 0 Å². The third-order valence-electron chi connectivity index (χ3n) is 4.87. The standard InChI is InChI=1S/C20H25N7O8/c1-11-15(24-26-21)17(35-12(2)28)16(25-27-22)19(34-11)32-10-14(18(29)31-3)23-20(30)33-9-13-7-5-4-6-8-13/h4-8,11,14-17,19H,9-10H2,1-3H3,(H,23,30)/t11-,14+,15+,16-,17+,19+/m1/s1. The molecule has 0 unspecified atom stereocenters. The molecule has 6 atom stereocenters. The number of benzene rings is 1. The van der Waals surface area contributed by atoms with Crippen LogP contribution < -0.4 is 5.32 Å². The van der Waals surface area contributed by atoms with Gasteiger partial charge >= 0.3 is 18.0 Å². The molecule has 0 saturated carbocycles. The van der Waals surface area contributed by atoms with Gasteiger partial charge < -0.3 is 29.0 Å². The summed E-state index contributed by atoms with van der Waals surface area (Å²) < 4.78 is 26.3. The van der Waals surface area contributed by atoms with Gasteiger partial charge in [-0.2, -0.15) is 0 Å². The van der Waals surface area contributed by atoms with Gasteiger partial charge in [-0.1, -0.05) is 40.6 Å². The van der Waals surface area contributed by atoms with Gasteiger partial charge in [-0.05, 0) is 23.5 Å². The van der Waals surface area contributed by atoms with Gasteiger partial charge in [-0.15, -0.1) is 0 Å². The van der Waals surface area contributed by atoms with E-state index in [0.29, 0.717) is 0 Å². The highest BCUT2D eigenvalue weighted by atomic mass is 16.7. The van der Waals surface area contributed by atoms with Crippen LogP contribution in [-0.4, -0.2) is 68.4 Å². The maximum atomic E-state index is 12.2. The van der Waals surface area contributed by atoms with Crippen LogP contribution in [0.1, 0.15) is 19.4 Å². The highest BCUT2D eigenvalue weighted by molar-refractivity contribution is 5.81. The molecule has 1 aromatic rings. The second-order valence-corrected chi connectivity index (χ2v) is 7.29. The quantitative estimate of drug-likeness (QED) is 0.169. The summed E-state index contributed by atoms with van der Waals surface area (Å²) in [5.74, 6) is -1.55. The molecular formula is C20H25N7O8. The van der Waals surface area contributed by atoms with Gasteiger partial charge in [-0.3, -0.25) is 4.79 Å². The maximum Gasteiger partial charge on any atom is 0.408 e. The van der Waals surface area contributed by atoms with E-state index in [1.807, 2.05) is 6.07 Å². The first kappa shape index (κ1) is 27.2. The second-order valence-electron chi connectivity index (χ2n) is 7.29. The number of azide groups is 2. The summed E-state index contributed by atoms with van der Waals surface area (Å²) in [4.78, 5) is 41.5. The Balaban J connectivity index is 2.11. The summed E-state index contributed by atoms with van der Waals surface area (Å²) in [6.45, 7) is 2.17. The van der Waals surface area contributed by atoms with Crippen LogP contribution in [0.25, 0.3) is 20.9 Å². The number of carbonyl (C=O) groups excluding carboxylic acids is 3. The second kappa shape index (κ2) is 13.6. The molecule has 1 heterocycles. The van der Waals surface area contributed by atoms with Crippen LogP contribution in [0.4, 0.5) is 4.79 Å². The first-order chi connectivity index (χ1) is 16.8. The van der Waals surface area contributed by atoms with Crippen molar-refractivity contribution < 1.29 is 38.1 Å². The summed E-state index contributed by atoms with van der Waals surface area (Å²) >= 11 is 0. The maximum absolute atomic E-state index is 12.2. The number of hydrogen-bond donors (Lipinski definition) is 1. The zero-order valence-corrected chi connectivity index (χ0v) is 19.2. The molecule has 0 spiro atoms. The van der Waals surface area contributed by atoms with Crippen LogP contribution in [-0.2, 0) is 39.9 Å². The number of esters is 2. The number of ether oxygens (including phenoxy) is 5. The predicted molar refractivity (Wildman–Crippen MR) is 117 cm³/mol. The molecule has 2 rings (SSSR count). The molecule has 1 amide bonds.